The molecule has 1 saturated heterocycles. The zero-order valence-corrected chi connectivity index (χ0v) is 18.2. The number of nitrogens with zero attached hydrogens (tertiary/aromatic N) is 3. The van der Waals surface area contributed by atoms with E-state index in [0.29, 0.717) is 21.4 Å². The SMILES string of the molecule is Cc1nnc(SCC2=C(C(=O)O)N3C(=O)[C@@H](NC(=O)c4c(F)cccc4F)[C@H]3SC2)s1. The molecule has 0 spiro atoms. The number of hydrogen-bond acceptors (Lipinski definition) is 8. The average molecular weight is 485 g/mol. The Morgan fingerprint density at radius 1 is 1.32 bits per heavy atom. The number of carboxylic acid groups (broad SMARTS) is 1. The summed E-state index contributed by atoms with van der Waals surface area (Å²) in [7, 11) is 0. The molecule has 13 heteroatoms. The second-order valence-corrected chi connectivity index (χ2v) is 10.1. The van der Waals surface area contributed by atoms with E-state index >= 15 is 0 Å². The van der Waals surface area contributed by atoms with Crippen molar-refractivity contribution in [3.8, 4) is 0 Å². The number of aliphatic carboxylic acids is 1. The van der Waals surface area contributed by atoms with Gasteiger partial charge in [-0.05, 0) is 24.6 Å². The molecule has 2 atom stereocenters. The van der Waals surface area contributed by atoms with E-state index in [1.54, 1.807) is 0 Å². The number of fused-ring (bicyclic) bond motifs is 1. The Morgan fingerprint density at radius 3 is 2.65 bits per heavy atom. The van der Waals surface area contributed by atoms with Crippen LogP contribution in [-0.4, -0.2) is 60.9 Å². The summed E-state index contributed by atoms with van der Waals surface area (Å²) in [5.41, 5.74) is -0.372. The first kappa shape index (κ1) is 21.7. The Hall–Kier alpha value is -2.51. The number of amides is 2. The maximum Gasteiger partial charge on any atom is 0.352 e. The molecule has 2 aliphatic heterocycles. The number of carbonyl (C=O) groups is 3. The van der Waals surface area contributed by atoms with Gasteiger partial charge in [-0.3, -0.25) is 14.5 Å². The molecular weight excluding hydrogens is 470 g/mol. The van der Waals surface area contributed by atoms with E-state index in [2.05, 4.69) is 15.5 Å². The van der Waals surface area contributed by atoms with Gasteiger partial charge in [0.2, 0.25) is 0 Å². The average Bonchev–Trinajstić information content (AvgIpc) is 3.14. The van der Waals surface area contributed by atoms with E-state index < -0.39 is 46.4 Å². The van der Waals surface area contributed by atoms with Crippen molar-refractivity contribution in [1.82, 2.24) is 20.4 Å². The van der Waals surface area contributed by atoms with Crippen molar-refractivity contribution in [3.63, 3.8) is 0 Å². The minimum atomic E-state index is -1.26. The molecule has 4 rings (SSSR count). The topological polar surface area (TPSA) is 112 Å². The molecule has 0 saturated carbocycles. The number of aryl methyl sites for hydroxylation is 1. The van der Waals surface area contributed by atoms with E-state index in [9.17, 15) is 28.3 Å². The third-order valence-corrected chi connectivity index (χ3v) is 8.00. The Balaban J connectivity index is 1.50. The zero-order valence-electron chi connectivity index (χ0n) is 15.8. The van der Waals surface area contributed by atoms with Crippen molar-refractivity contribution < 1.29 is 28.3 Å². The van der Waals surface area contributed by atoms with Crippen LogP contribution in [0.1, 0.15) is 15.4 Å². The summed E-state index contributed by atoms with van der Waals surface area (Å²) in [6, 6.07) is 1.93. The molecule has 1 fully saturated rings. The van der Waals surface area contributed by atoms with Gasteiger partial charge in [0.1, 0.15) is 39.3 Å². The lowest BCUT2D eigenvalue weighted by Crippen LogP contribution is -2.70. The van der Waals surface area contributed by atoms with Gasteiger partial charge in [0, 0.05) is 11.5 Å². The lowest BCUT2D eigenvalue weighted by atomic mass is 10.0. The fraction of sp³-hybridized carbons (Fsp3) is 0.278. The molecule has 0 radical (unpaired) electrons. The van der Waals surface area contributed by atoms with Crippen LogP contribution in [0.3, 0.4) is 0 Å². The summed E-state index contributed by atoms with van der Waals surface area (Å²) in [6.07, 6.45) is 0. The summed E-state index contributed by atoms with van der Waals surface area (Å²) in [6.45, 7) is 1.81. The normalized spacial score (nSPS) is 20.4. The van der Waals surface area contributed by atoms with E-state index in [1.165, 1.54) is 34.9 Å². The van der Waals surface area contributed by atoms with Crippen LogP contribution in [0, 0.1) is 18.6 Å². The number of hydrogen-bond donors (Lipinski definition) is 2. The third kappa shape index (κ3) is 4.04. The summed E-state index contributed by atoms with van der Waals surface area (Å²) < 4.78 is 28.4. The predicted octanol–water partition coefficient (Wildman–Crippen LogP) is 2.27. The fourth-order valence-corrected chi connectivity index (χ4v) is 6.51. The number of nitrogens with one attached hydrogen (secondary N) is 1. The van der Waals surface area contributed by atoms with Crippen molar-refractivity contribution in [2.45, 2.75) is 22.7 Å². The number of aromatic nitrogens is 2. The third-order valence-electron chi connectivity index (χ3n) is 4.60. The smallest absolute Gasteiger partial charge is 0.352 e. The Bertz CT molecular complexity index is 1100. The first-order valence-corrected chi connectivity index (χ1v) is 11.7. The second-order valence-electron chi connectivity index (χ2n) is 6.59. The number of halogens is 2. The molecule has 1 aromatic heterocycles. The Kier molecular flexibility index (Phi) is 5.99. The summed E-state index contributed by atoms with van der Waals surface area (Å²) >= 11 is 3.99. The summed E-state index contributed by atoms with van der Waals surface area (Å²) in [5.74, 6) is -4.42. The van der Waals surface area contributed by atoms with Gasteiger partial charge in [-0.2, -0.15) is 0 Å². The largest absolute Gasteiger partial charge is 0.477 e. The highest BCUT2D eigenvalue weighted by Gasteiger charge is 2.54. The van der Waals surface area contributed by atoms with Gasteiger partial charge < -0.3 is 10.4 Å². The Labute approximate surface area is 187 Å². The van der Waals surface area contributed by atoms with Gasteiger partial charge in [0.05, 0.1) is 0 Å². The van der Waals surface area contributed by atoms with E-state index in [-0.39, 0.29) is 5.70 Å². The number of carboxylic acids is 1. The lowest BCUT2D eigenvalue weighted by molar-refractivity contribution is -0.148. The van der Waals surface area contributed by atoms with Gasteiger partial charge >= 0.3 is 5.97 Å². The van der Waals surface area contributed by atoms with Crippen LogP contribution >= 0.6 is 34.9 Å². The highest BCUT2D eigenvalue weighted by molar-refractivity contribution is 8.01. The molecule has 8 nitrogen and oxygen atoms in total. The second kappa shape index (κ2) is 8.55. The molecule has 2 N–H and O–H groups in total. The highest BCUT2D eigenvalue weighted by atomic mass is 32.2. The van der Waals surface area contributed by atoms with Gasteiger partial charge in [-0.15, -0.1) is 22.0 Å². The molecule has 162 valence electrons. The zero-order chi connectivity index (χ0) is 22.3. The molecule has 31 heavy (non-hydrogen) atoms. The Morgan fingerprint density at radius 2 is 2.03 bits per heavy atom. The van der Waals surface area contributed by atoms with Crippen LogP contribution in [-0.2, 0) is 9.59 Å². The van der Waals surface area contributed by atoms with Crippen molar-refractivity contribution in [2.24, 2.45) is 0 Å². The molecule has 2 amide bonds. The first-order chi connectivity index (χ1) is 14.8. The van der Waals surface area contributed by atoms with Crippen molar-refractivity contribution in [1.29, 1.82) is 0 Å². The van der Waals surface area contributed by atoms with Gasteiger partial charge in [0.15, 0.2) is 4.34 Å². The van der Waals surface area contributed by atoms with Crippen LogP contribution < -0.4 is 5.32 Å². The van der Waals surface area contributed by atoms with Crippen molar-refractivity contribution >= 4 is 52.6 Å². The van der Waals surface area contributed by atoms with Gasteiger partial charge in [0.25, 0.3) is 11.8 Å². The molecule has 0 bridgehead atoms. The number of benzene rings is 1. The van der Waals surface area contributed by atoms with Gasteiger partial charge in [-0.25, -0.2) is 13.6 Å². The molecule has 0 unspecified atom stereocenters. The van der Waals surface area contributed by atoms with Crippen molar-refractivity contribution in [3.05, 3.63) is 51.7 Å². The summed E-state index contributed by atoms with van der Waals surface area (Å²) in [4.78, 5) is 38.0. The van der Waals surface area contributed by atoms with Crippen LogP contribution in [0.25, 0.3) is 0 Å². The quantitative estimate of drug-likeness (QED) is 0.474. The standard InChI is InChI=1S/C18H14F2N4O4S3/c1-7-22-23-18(31-7)30-6-8-5-29-16-12(15(26)24(16)13(8)17(27)28)21-14(25)11-9(19)3-2-4-10(11)20/h2-4,12,16H,5-6H2,1H3,(H,21,25)(H,27,28)/t12-,16-/m1/s1. The predicted molar refractivity (Wildman–Crippen MR) is 111 cm³/mol. The molecule has 2 aromatic rings. The number of carbonyl (C=O) groups excluding carboxylic acids is 2. The van der Waals surface area contributed by atoms with Gasteiger partial charge in [-0.1, -0.05) is 29.2 Å². The minimum absolute atomic E-state index is 0.134. The highest BCUT2D eigenvalue weighted by Crippen LogP contribution is 2.41. The van der Waals surface area contributed by atoms with Crippen LogP contribution in [0.15, 0.2) is 33.8 Å². The maximum absolute atomic E-state index is 13.9. The van der Waals surface area contributed by atoms with Crippen molar-refractivity contribution in [2.75, 3.05) is 11.5 Å². The monoisotopic (exact) mass is 484 g/mol. The van der Waals surface area contributed by atoms with E-state index in [4.69, 9.17) is 0 Å². The lowest BCUT2D eigenvalue weighted by Gasteiger charge is -2.49. The van der Waals surface area contributed by atoms with E-state index in [0.717, 1.165) is 28.1 Å². The van der Waals surface area contributed by atoms with Crippen LogP contribution in [0.4, 0.5) is 8.78 Å². The number of thioether (sulfide) groups is 2. The van der Waals surface area contributed by atoms with Crippen LogP contribution in [0.2, 0.25) is 0 Å². The van der Waals surface area contributed by atoms with Crippen LogP contribution in [0.5, 0.6) is 0 Å². The molecule has 2 aliphatic rings. The maximum atomic E-state index is 13.9. The molecule has 1 aromatic carbocycles. The number of rotatable bonds is 6. The summed E-state index contributed by atoms with van der Waals surface area (Å²) in [5, 5.41) is 20.0. The molecule has 3 heterocycles. The fourth-order valence-electron chi connectivity index (χ4n) is 3.21. The first-order valence-electron chi connectivity index (χ1n) is 8.85. The van der Waals surface area contributed by atoms with E-state index in [1.807, 2.05) is 6.92 Å². The molecule has 0 aliphatic carbocycles. The molecular formula is C18H14F2N4O4S3. The minimum Gasteiger partial charge on any atom is -0.477 e. The number of β-lactam (4-membered cyclic amide) rings is 1.